The second-order valence-electron chi connectivity index (χ2n) is 5.42. The summed E-state index contributed by atoms with van der Waals surface area (Å²) in [6, 6.07) is 3.53. The SMILES string of the molecule is Nc1cc(S(=O)(=O)N2CCCCCC2)ccc1OCC(F)(F)F. The van der Waals surface area contributed by atoms with Crippen LogP contribution < -0.4 is 10.5 Å². The lowest BCUT2D eigenvalue weighted by Crippen LogP contribution is -2.32. The number of benzene rings is 1. The van der Waals surface area contributed by atoms with E-state index in [1.807, 2.05) is 0 Å². The van der Waals surface area contributed by atoms with Crippen molar-refractivity contribution < 1.29 is 26.3 Å². The van der Waals surface area contributed by atoms with Gasteiger partial charge in [0.1, 0.15) is 5.75 Å². The maximum absolute atomic E-state index is 12.6. The van der Waals surface area contributed by atoms with E-state index in [1.54, 1.807) is 0 Å². The third-order valence-electron chi connectivity index (χ3n) is 3.58. The summed E-state index contributed by atoms with van der Waals surface area (Å²) in [7, 11) is -3.69. The van der Waals surface area contributed by atoms with Crippen molar-refractivity contribution >= 4 is 15.7 Å². The molecule has 2 rings (SSSR count). The van der Waals surface area contributed by atoms with Crippen LogP contribution in [0.2, 0.25) is 0 Å². The van der Waals surface area contributed by atoms with Crippen molar-refractivity contribution in [1.82, 2.24) is 4.31 Å². The second-order valence-corrected chi connectivity index (χ2v) is 7.36. The van der Waals surface area contributed by atoms with Crippen LogP contribution in [0.1, 0.15) is 25.7 Å². The predicted octanol–water partition coefficient (Wildman–Crippen LogP) is 2.77. The van der Waals surface area contributed by atoms with Crippen molar-refractivity contribution in [1.29, 1.82) is 0 Å². The first-order valence-corrected chi connectivity index (χ1v) is 8.73. The molecule has 1 saturated heterocycles. The number of sulfonamides is 1. The first-order chi connectivity index (χ1) is 10.7. The fourth-order valence-electron chi connectivity index (χ4n) is 2.41. The van der Waals surface area contributed by atoms with Crippen molar-refractivity contribution in [3.8, 4) is 5.75 Å². The number of hydrogen-bond acceptors (Lipinski definition) is 4. The molecule has 5 nitrogen and oxygen atoms in total. The van der Waals surface area contributed by atoms with E-state index in [0.717, 1.165) is 37.8 Å². The van der Waals surface area contributed by atoms with Crippen LogP contribution in [-0.4, -0.2) is 38.6 Å². The quantitative estimate of drug-likeness (QED) is 0.846. The zero-order valence-electron chi connectivity index (χ0n) is 12.5. The summed E-state index contributed by atoms with van der Waals surface area (Å²) in [4.78, 5) is -0.0312. The first-order valence-electron chi connectivity index (χ1n) is 7.29. The van der Waals surface area contributed by atoms with Crippen LogP contribution in [0.4, 0.5) is 18.9 Å². The monoisotopic (exact) mass is 352 g/mol. The Morgan fingerprint density at radius 1 is 1.13 bits per heavy atom. The number of hydrogen-bond donors (Lipinski definition) is 1. The third kappa shape index (κ3) is 4.74. The van der Waals surface area contributed by atoms with Gasteiger partial charge in [-0.05, 0) is 31.0 Å². The van der Waals surface area contributed by atoms with Crippen molar-refractivity contribution in [2.75, 3.05) is 25.4 Å². The van der Waals surface area contributed by atoms with Crippen LogP contribution in [0.25, 0.3) is 0 Å². The highest BCUT2D eigenvalue weighted by molar-refractivity contribution is 7.89. The minimum absolute atomic E-state index is 0.0312. The molecule has 0 aromatic heterocycles. The summed E-state index contributed by atoms with van der Waals surface area (Å²) >= 11 is 0. The van der Waals surface area contributed by atoms with Crippen LogP contribution in [0.15, 0.2) is 23.1 Å². The van der Waals surface area contributed by atoms with Gasteiger partial charge in [-0.25, -0.2) is 8.42 Å². The number of rotatable bonds is 4. The third-order valence-corrected chi connectivity index (χ3v) is 5.47. The van der Waals surface area contributed by atoms with Crippen LogP contribution in [0, 0.1) is 0 Å². The van der Waals surface area contributed by atoms with Gasteiger partial charge in [-0.1, -0.05) is 12.8 Å². The van der Waals surface area contributed by atoms with E-state index in [2.05, 4.69) is 4.74 Å². The van der Waals surface area contributed by atoms with E-state index in [0.29, 0.717) is 13.1 Å². The normalized spacial score (nSPS) is 17.7. The van der Waals surface area contributed by atoms with Gasteiger partial charge in [0, 0.05) is 13.1 Å². The van der Waals surface area contributed by atoms with Crippen molar-refractivity contribution in [3.63, 3.8) is 0 Å². The van der Waals surface area contributed by atoms with Crippen LogP contribution in [0.5, 0.6) is 5.75 Å². The molecule has 0 saturated carbocycles. The second kappa shape index (κ2) is 6.96. The van der Waals surface area contributed by atoms with E-state index in [1.165, 1.54) is 10.4 Å². The molecule has 1 fully saturated rings. The van der Waals surface area contributed by atoms with Crippen LogP contribution in [0.3, 0.4) is 0 Å². The van der Waals surface area contributed by atoms with Crippen molar-refractivity contribution in [2.45, 2.75) is 36.8 Å². The first kappa shape index (κ1) is 17.9. The Hall–Kier alpha value is -1.48. The lowest BCUT2D eigenvalue weighted by molar-refractivity contribution is -0.153. The number of anilines is 1. The van der Waals surface area contributed by atoms with Crippen LogP contribution in [-0.2, 0) is 10.0 Å². The standard InChI is InChI=1S/C14H19F3N2O3S/c15-14(16,17)10-22-13-6-5-11(9-12(13)18)23(20,21)19-7-3-1-2-4-8-19/h5-6,9H,1-4,7-8,10,18H2. The minimum Gasteiger partial charge on any atom is -0.482 e. The van der Waals surface area contributed by atoms with Gasteiger partial charge in [-0.15, -0.1) is 0 Å². The molecule has 0 bridgehead atoms. The zero-order valence-corrected chi connectivity index (χ0v) is 13.3. The molecule has 0 amide bonds. The fraction of sp³-hybridized carbons (Fsp3) is 0.571. The fourth-order valence-corrected chi connectivity index (χ4v) is 3.96. The summed E-state index contributed by atoms with van der Waals surface area (Å²) in [5, 5.41) is 0. The van der Waals surface area contributed by atoms with Gasteiger partial charge >= 0.3 is 6.18 Å². The van der Waals surface area contributed by atoms with Gasteiger partial charge in [-0.3, -0.25) is 0 Å². The van der Waals surface area contributed by atoms with E-state index in [-0.39, 0.29) is 16.3 Å². The Bertz CT molecular complexity index is 639. The lowest BCUT2D eigenvalue weighted by atomic mass is 10.2. The molecule has 0 unspecified atom stereocenters. The topological polar surface area (TPSA) is 72.6 Å². The molecule has 1 aliphatic heterocycles. The molecular weight excluding hydrogens is 333 g/mol. The number of halogens is 3. The molecule has 23 heavy (non-hydrogen) atoms. The van der Waals surface area contributed by atoms with Crippen LogP contribution >= 0.6 is 0 Å². The van der Waals surface area contributed by atoms with E-state index < -0.39 is 22.8 Å². The average molecular weight is 352 g/mol. The highest BCUT2D eigenvalue weighted by Gasteiger charge is 2.29. The molecule has 0 spiro atoms. The highest BCUT2D eigenvalue weighted by Crippen LogP contribution is 2.29. The maximum Gasteiger partial charge on any atom is 0.422 e. The maximum atomic E-state index is 12.6. The Labute approximate surface area is 133 Å². The van der Waals surface area contributed by atoms with Gasteiger partial charge in [0.25, 0.3) is 0 Å². The molecule has 1 heterocycles. The molecule has 130 valence electrons. The zero-order chi connectivity index (χ0) is 17.1. The van der Waals surface area contributed by atoms with E-state index in [4.69, 9.17) is 5.73 Å². The molecule has 1 aromatic rings. The minimum atomic E-state index is -4.48. The van der Waals surface area contributed by atoms with Gasteiger partial charge in [0.2, 0.25) is 10.0 Å². The smallest absolute Gasteiger partial charge is 0.422 e. The van der Waals surface area contributed by atoms with Crippen molar-refractivity contribution in [3.05, 3.63) is 18.2 Å². The highest BCUT2D eigenvalue weighted by atomic mass is 32.2. The predicted molar refractivity (Wildman–Crippen MR) is 79.6 cm³/mol. The lowest BCUT2D eigenvalue weighted by Gasteiger charge is -2.20. The van der Waals surface area contributed by atoms with E-state index >= 15 is 0 Å². The molecule has 1 aromatic carbocycles. The van der Waals surface area contributed by atoms with Gasteiger partial charge in [0.05, 0.1) is 10.6 Å². The number of ether oxygens (including phenoxy) is 1. The largest absolute Gasteiger partial charge is 0.482 e. The van der Waals surface area contributed by atoms with Gasteiger partial charge < -0.3 is 10.5 Å². The van der Waals surface area contributed by atoms with E-state index in [9.17, 15) is 21.6 Å². The average Bonchev–Trinajstić information content (AvgIpc) is 2.74. The number of alkyl halides is 3. The summed E-state index contributed by atoms with van der Waals surface area (Å²) < 4.78 is 67.6. The molecule has 2 N–H and O–H groups in total. The molecule has 1 aliphatic rings. The Kier molecular flexibility index (Phi) is 5.41. The molecule has 0 radical (unpaired) electrons. The van der Waals surface area contributed by atoms with Gasteiger partial charge in [-0.2, -0.15) is 17.5 Å². The van der Waals surface area contributed by atoms with Gasteiger partial charge in [0.15, 0.2) is 6.61 Å². The summed E-state index contributed by atoms with van der Waals surface area (Å²) in [5.41, 5.74) is 5.50. The Balaban J connectivity index is 2.18. The summed E-state index contributed by atoms with van der Waals surface area (Å²) in [5.74, 6) is -0.183. The Morgan fingerprint density at radius 2 is 1.74 bits per heavy atom. The Morgan fingerprint density at radius 3 is 2.26 bits per heavy atom. The number of nitrogens with two attached hydrogens (primary N) is 1. The molecule has 0 aliphatic carbocycles. The molecular formula is C14H19F3N2O3S. The summed E-state index contributed by atoms with van der Waals surface area (Å²) in [6.45, 7) is -0.599. The van der Waals surface area contributed by atoms with Crippen molar-refractivity contribution in [2.24, 2.45) is 0 Å². The number of nitrogen functional groups attached to an aromatic ring is 1. The molecule has 0 atom stereocenters. The molecule has 9 heteroatoms. The summed E-state index contributed by atoms with van der Waals surface area (Å²) in [6.07, 6.45) is -0.928. The number of nitrogens with zero attached hydrogens (tertiary/aromatic N) is 1.